The summed E-state index contributed by atoms with van der Waals surface area (Å²) in [6.07, 6.45) is 1.74. The van der Waals surface area contributed by atoms with E-state index in [1.165, 1.54) is 24.0 Å². The number of thiazole rings is 1. The summed E-state index contributed by atoms with van der Waals surface area (Å²) >= 11 is 2.85. The van der Waals surface area contributed by atoms with Crippen molar-refractivity contribution in [1.82, 2.24) is 4.98 Å². The lowest BCUT2D eigenvalue weighted by atomic mass is 10.3. The highest BCUT2D eigenvalue weighted by Crippen LogP contribution is 2.23. The maximum atomic E-state index is 11.4. The molecule has 2 aromatic heterocycles. The molecule has 0 aliphatic carbocycles. The van der Waals surface area contributed by atoms with Gasteiger partial charge < -0.3 is 4.74 Å². The minimum absolute atomic E-state index is 0.374. The number of ether oxygens (including phenoxy) is 1. The molecule has 0 atom stereocenters. The molecule has 0 aliphatic heterocycles. The van der Waals surface area contributed by atoms with E-state index in [1.54, 1.807) is 24.5 Å². The number of esters is 1. The van der Waals surface area contributed by atoms with Gasteiger partial charge >= 0.3 is 5.97 Å². The van der Waals surface area contributed by atoms with Crippen molar-refractivity contribution in [2.24, 2.45) is 5.10 Å². The Hall–Kier alpha value is -1.73. The summed E-state index contributed by atoms with van der Waals surface area (Å²) in [5.41, 5.74) is 4.65. The molecule has 19 heavy (non-hydrogen) atoms. The second kappa shape index (κ2) is 5.94. The van der Waals surface area contributed by atoms with Gasteiger partial charge in [-0.2, -0.15) is 5.10 Å². The number of hydrogen-bond acceptors (Lipinski definition) is 7. The molecular weight excluding hydrogens is 282 g/mol. The lowest BCUT2D eigenvalue weighted by molar-refractivity contribution is 0.0605. The molecule has 2 heterocycles. The van der Waals surface area contributed by atoms with Gasteiger partial charge in [-0.3, -0.25) is 5.43 Å². The van der Waals surface area contributed by atoms with Crippen LogP contribution in [0.5, 0.6) is 0 Å². The standard InChI is InChI=1S/C12H13N3O2S2/c1-7-4-5-18-9(7)6-13-15-12-14-8(2)10(19-12)11(16)17-3/h4-6H,1-3H3,(H,14,15)/b13-6-. The zero-order valence-electron chi connectivity index (χ0n) is 10.8. The lowest BCUT2D eigenvalue weighted by Crippen LogP contribution is -1.99. The smallest absolute Gasteiger partial charge is 0.350 e. The van der Waals surface area contributed by atoms with E-state index in [-0.39, 0.29) is 5.97 Å². The van der Waals surface area contributed by atoms with Crippen LogP contribution in [-0.2, 0) is 4.74 Å². The van der Waals surface area contributed by atoms with Crippen molar-refractivity contribution in [3.8, 4) is 0 Å². The molecule has 0 aromatic carbocycles. The molecule has 0 unspecified atom stereocenters. The van der Waals surface area contributed by atoms with E-state index in [4.69, 9.17) is 0 Å². The van der Waals surface area contributed by atoms with Crippen LogP contribution >= 0.6 is 22.7 Å². The minimum atomic E-state index is -0.374. The van der Waals surface area contributed by atoms with Crippen LogP contribution in [0.4, 0.5) is 5.13 Å². The zero-order chi connectivity index (χ0) is 13.8. The highest BCUT2D eigenvalue weighted by molar-refractivity contribution is 7.17. The van der Waals surface area contributed by atoms with Crippen LogP contribution in [0.25, 0.3) is 0 Å². The van der Waals surface area contributed by atoms with Crippen molar-refractivity contribution in [3.05, 3.63) is 32.5 Å². The summed E-state index contributed by atoms with van der Waals surface area (Å²) < 4.78 is 4.68. The van der Waals surface area contributed by atoms with Gasteiger partial charge in [-0.05, 0) is 30.9 Å². The van der Waals surface area contributed by atoms with Crippen molar-refractivity contribution in [3.63, 3.8) is 0 Å². The first kappa shape index (κ1) is 13.7. The molecule has 5 nitrogen and oxygen atoms in total. The van der Waals surface area contributed by atoms with Crippen molar-refractivity contribution in [1.29, 1.82) is 0 Å². The van der Waals surface area contributed by atoms with E-state index in [2.05, 4.69) is 20.2 Å². The van der Waals surface area contributed by atoms with Crippen LogP contribution in [0.2, 0.25) is 0 Å². The Balaban J connectivity index is 2.06. The first-order valence-corrected chi connectivity index (χ1v) is 7.20. The maximum Gasteiger partial charge on any atom is 0.350 e. The number of aromatic nitrogens is 1. The van der Waals surface area contributed by atoms with Crippen LogP contribution in [0.3, 0.4) is 0 Å². The molecule has 0 fully saturated rings. The van der Waals surface area contributed by atoms with Crippen molar-refractivity contribution < 1.29 is 9.53 Å². The normalized spacial score (nSPS) is 10.9. The predicted octanol–water partition coefficient (Wildman–Crippen LogP) is 3.05. The van der Waals surface area contributed by atoms with Gasteiger partial charge in [0, 0.05) is 4.88 Å². The van der Waals surface area contributed by atoms with Gasteiger partial charge in [0.2, 0.25) is 5.13 Å². The van der Waals surface area contributed by atoms with Gasteiger partial charge in [-0.25, -0.2) is 9.78 Å². The fourth-order valence-electron chi connectivity index (χ4n) is 1.39. The Bertz CT molecular complexity index is 616. The summed E-state index contributed by atoms with van der Waals surface area (Å²) in [6.45, 7) is 3.79. The average molecular weight is 295 g/mol. The average Bonchev–Trinajstić information content (AvgIpc) is 2.96. The van der Waals surface area contributed by atoms with Crippen LogP contribution in [0.15, 0.2) is 16.5 Å². The Morgan fingerprint density at radius 1 is 1.53 bits per heavy atom. The molecule has 100 valence electrons. The summed E-state index contributed by atoms with van der Waals surface area (Å²) in [7, 11) is 1.35. The number of carbonyl (C=O) groups is 1. The van der Waals surface area contributed by atoms with Gasteiger partial charge in [0.1, 0.15) is 4.88 Å². The molecule has 0 amide bonds. The van der Waals surface area contributed by atoms with Gasteiger partial charge in [0.15, 0.2) is 0 Å². The van der Waals surface area contributed by atoms with Gasteiger partial charge in [0.25, 0.3) is 0 Å². The first-order valence-electron chi connectivity index (χ1n) is 5.50. The van der Waals surface area contributed by atoms with E-state index in [0.29, 0.717) is 15.7 Å². The molecule has 0 saturated heterocycles. The predicted molar refractivity (Wildman–Crippen MR) is 78.5 cm³/mol. The first-order chi connectivity index (χ1) is 9.11. The van der Waals surface area contributed by atoms with E-state index in [1.807, 2.05) is 18.4 Å². The number of hydrogen-bond donors (Lipinski definition) is 1. The monoisotopic (exact) mass is 295 g/mol. The third-order valence-corrected chi connectivity index (χ3v) is 4.41. The number of nitrogens with zero attached hydrogens (tertiary/aromatic N) is 2. The largest absolute Gasteiger partial charge is 0.465 e. The van der Waals surface area contributed by atoms with E-state index < -0.39 is 0 Å². The Kier molecular flexibility index (Phi) is 4.28. The van der Waals surface area contributed by atoms with Crippen LogP contribution in [0.1, 0.15) is 25.8 Å². The van der Waals surface area contributed by atoms with Gasteiger partial charge in [0.05, 0.1) is 19.0 Å². The minimum Gasteiger partial charge on any atom is -0.465 e. The second-order valence-electron chi connectivity index (χ2n) is 3.76. The topological polar surface area (TPSA) is 63.6 Å². The third kappa shape index (κ3) is 3.18. The van der Waals surface area contributed by atoms with E-state index >= 15 is 0 Å². The van der Waals surface area contributed by atoms with Crippen molar-refractivity contribution in [2.45, 2.75) is 13.8 Å². The SMILES string of the molecule is COC(=O)c1sc(N/N=C\c2sccc2C)nc1C. The molecule has 0 aliphatic rings. The fourth-order valence-corrected chi connectivity index (χ4v) is 3.01. The molecule has 0 spiro atoms. The van der Waals surface area contributed by atoms with Crippen LogP contribution in [0, 0.1) is 13.8 Å². The number of hydrazone groups is 1. The summed E-state index contributed by atoms with van der Waals surface area (Å²) in [4.78, 5) is 17.2. The van der Waals surface area contributed by atoms with E-state index in [9.17, 15) is 4.79 Å². The maximum absolute atomic E-state index is 11.4. The highest BCUT2D eigenvalue weighted by Gasteiger charge is 2.15. The second-order valence-corrected chi connectivity index (χ2v) is 5.71. The summed E-state index contributed by atoms with van der Waals surface area (Å²) in [5, 5.41) is 6.70. The highest BCUT2D eigenvalue weighted by atomic mass is 32.1. The summed E-state index contributed by atoms with van der Waals surface area (Å²) in [6, 6.07) is 2.04. The Morgan fingerprint density at radius 2 is 2.32 bits per heavy atom. The zero-order valence-corrected chi connectivity index (χ0v) is 12.4. The van der Waals surface area contributed by atoms with E-state index in [0.717, 1.165) is 4.88 Å². The van der Waals surface area contributed by atoms with Crippen molar-refractivity contribution in [2.75, 3.05) is 12.5 Å². The number of nitrogens with one attached hydrogen (secondary N) is 1. The Morgan fingerprint density at radius 3 is 2.95 bits per heavy atom. The molecule has 0 bridgehead atoms. The van der Waals surface area contributed by atoms with Crippen LogP contribution in [-0.4, -0.2) is 24.3 Å². The number of aryl methyl sites for hydroxylation is 2. The molecule has 2 rings (SSSR count). The molecule has 7 heteroatoms. The lowest BCUT2D eigenvalue weighted by Gasteiger charge is -1.93. The third-order valence-electron chi connectivity index (χ3n) is 2.41. The molecule has 0 radical (unpaired) electrons. The van der Waals surface area contributed by atoms with Gasteiger partial charge in [-0.1, -0.05) is 11.3 Å². The van der Waals surface area contributed by atoms with Crippen molar-refractivity contribution >= 4 is 40.0 Å². The summed E-state index contributed by atoms with van der Waals surface area (Å²) in [5.74, 6) is -0.374. The number of thiophene rings is 1. The molecule has 2 aromatic rings. The fraction of sp³-hybridized carbons (Fsp3) is 0.250. The number of methoxy groups -OCH3 is 1. The quantitative estimate of drug-likeness (QED) is 0.535. The van der Waals surface area contributed by atoms with Crippen LogP contribution < -0.4 is 5.43 Å². The number of rotatable bonds is 4. The molecule has 1 N–H and O–H groups in total. The number of carbonyl (C=O) groups excluding carboxylic acids is 1. The molecule has 0 saturated carbocycles. The number of anilines is 1. The molecular formula is C12H13N3O2S2. The Labute approximate surface area is 119 Å². The van der Waals surface area contributed by atoms with Gasteiger partial charge in [-0.15, -0.1) is 11.3 Å².